The first-order valence-corrected chi connectivity index (χ1v) is 9.13. The maximum atomic E-state index is 12.9. The minimum absolute atomic E-state index is 0.205. The Morgan fingerprint density at radius 1 is 0.586 bits per heavy atom. The molecule has 3 rings (SSSR count). The number of carboxylic acid groups (broad SMARTS) is 2. The van der Waals surface area contributed by atoms with Crippen LogP contribution in [0.5, 0.6) is 0 Å². The van der Waals surface area contributed by atoms with Gasteiger partial charge in [-0.1, -0.05) is 46.3 Å². The quantitative estimate of drug-likeness (QED) is 0.539. The van der Waals surface area contributed by atoms with E-state index in [1.54, 1.807) is 30.3 Å². The van der Waals surface area contributed by atoms with E-state index in [2.05, 4.69) is 15.9 Å². The molecule has 0 saturated heterocycles. The summed E-state index contributed by atoms with van der Waals surface area (Å²) >= 11 is 3.26. The highest BCUT2D eigenvalue weighted by molar-refractivity contribution is 9.10. The van der Waals surface area contributed by atoms with Crippen molar-refractivity contribution in [3.63, 3.8) is 0 Å². The highest BCUT2D eigenvalue weighted by Crippen LogP contribution is 2.24. The van der Waals surface area contributed by atoms with Gasteiger partial charge in [-0.05, 0) is 36.4 Å². The summed E-state index contributed by atoms with van der Waals surface area (Å²) in [7, 11) is 0. The van der Waals surface area contributed by atoms with E-state index in [-0.39, 0.29) is 22.3 Å². The molecule has 144 valence electrons. The molecule has 0 bridgehead atoms. The topological polar surface area (TPSA) is 109 Å². The highest BCUT2D eigenvalue weighted by Gasteiger charge is 2.26. The number of benzene rings is 3. The van der Waals surface area contributed by atoms with Gasteiger partial charge in [-0.3, -0.25) is 9.59 Å². The Kier molecular flexibility index (Phi) is 5.70. The predicted molar refractivity (Wildman–Crippen MR) is 108 cm³/mol. The normalized spacial score (nSPS) is 10.4. The van der Waals surface area contributed by atoms with Crippen LogP contribution in [0.4, 0.5) is 0 Å². The second kappa shape index (κ2) is 8.20. The van der Waals surface area contributed by atoms with Crippen molar-refractivity contribution in [1.29, 1.82) is 0 Å². The summed E-state index contributed by atoms with van der Waals surface area (Å²) in [6.45, 7) is 0. The molecule has 0 fully saturated rings. The molecule has 0 radical (unpaired) electrons. The van der Waals surface area contributed by atoms with Crippen LogP contribution in [-0.2, 0) is 0 Å². The SMILES string of the molecule is O=C(O)c1cc(C(=O)O)c(C(=O)c2ccc(Br)cc2)cc1C(=O)c1ccccc1. The van der Waals surface area contributed by atoms with Crippen LogP contribution in [0.15, 0.2) is 71.2 Å². The molecule has 0 spiro atoms. The van der Waals surface area contributed by atoms with Crippen molar-refractivity contribution in [2.75, 3.05) is 0 Å². The molecule has 0 aliphatic rings. The standard InChI is InChI=1S/C22H13BrO6/c23-14-8-6-13(7-9-14)20(25)16-10-15(19(24)12-4-2-1-3-5-12)17(21(26)27)11-18(16)22(28)29/h1-11H,(H,26,27)(H,28,29). The maximum Gasteiger partial charge on any atom is 0.336 e. The van der Waals surface area contributed by atoms with E-state index in [9.17, 15) is 29.4 Å². The molecule has 3 aromatic rings. The molecule has 2 N–H and O–H groups in total. The molecular weight excluding hydrogens is 440 g/mol. The average molecular weight is 453 g/mol. The number of ketones is 2. The Morgan fingerprint density at radius 3 is 1.45 bits per heavy atom. The van der Waals surface area contributed by atoms with E-state index in [1.807, 2.05) is 0 Å². The fraction of sp³-hybridized carbons (Fsp3) is 0. The van der Waals surface area contributed by atoms with Crippen molar-refractivity contribution in [1.82, 2.24) is 0 Å². The zero-order valence-electron chi connectivity index (χ0n) is 14.8. The Balaban J connectivity index is 2.23. The van der Waals surface area contributed by atoms with Crippen molar-refractivity contribution < 1.29 is 29.4 Å². The van der Waals surface area contributed by atoms with E-state index < -0.39 is 34.6 Å². The van der Waals surface area contributed by atoms with E-state index in [1.165, 1.54) is 24.3 Å². The zero-order valence-corrected chi connectivity index (χ0v) is 16.3. The molecule has 0 aromatic heterocycles. The van der Waals surface area contributed by atoms with Crippen molar-refractivity contribution in [2.24, 2.45) is 0 Å². The number of carbonyl (C=O) groups excluding carboxylic acids is 2. The summed E-state index contributed by atoms with van der Waals surface area (Å²) in [5, 5.41) is 19.0. The number of carboxylic acids is 2. The molecular formula is C22H13BrO6. The second-order valence-electron chi connectivity index (χ2n) is 6.08. The first-order chi connectivity index (χ1) is 13.8. The van der Waals surface area contributed by atoms with E-state index in [4.69, 9.17) is 0 Å². The van der Waals surface area contributed by atoms with Gasteiger partial charge in [-0.15, -0.1) is 0 Å². The highest BCUT2D eigenvalue weighted by atomic mass is 79.9. The summed E-state index contributed by atoms with van der Waals surface area (Å²) in [4.78, 5) is 49.2. The molecule has 7 heteroatoms. The smallest absolute Gasteiger partial charge is 0.336 e. The molecule has 0 amide bonds. The Hall–Kier alpha value is -3.58. The van der Waals surface area contributed by atoms with Gasteiger partial charge in [-0.2, -0.15) is 0 Å². The van der Waals surface area contributed by atoms with Crippen LogP contribution in [0, 0.1) is 0 Å². The van der Waals surface area contributed by atoms with Gasteiger partial charge < -0.3 is 10.2 Å². The number of rotatable bonds is 6. The van der Waals surface area contributed by atoms with Crippen LogP contribution in [-0.4, -0.2) is 33.7 Å². The predicted octanol–water partition coefficient (Wildman–Crippen LogP) is 4.31. The molecule has 0 heterocycles. The van der Waals surface area contributed by atoms with Gasteiger partial charge in [0.05, 0.1) is 11.1 Å². The van der Waals surface area contributed by atoms with Crippen molar-refractivity contribution in [2.45, 2.75) is 0 Å². The van der Waals surface area contributed by atoms with Gasteiger partial charge in [0.2, 0.25) is 0 Å². The third-order valence-corrected chi connectivity index (χ3v) is 4.78. The van der Waals surface area contributed by atoms with Gasteiger partial charge >= 0.3 is 11.9 Å². The third-order valence-electron chi connectivity index (χ3n) is 4.25. The molecule has 0 atom stereocenters. The largest absolute Gasteiger partial charge is 0.478 e. The van der Waals surface area contributed by atoms with Gasteiger partial charge in [0.25, 0.3) is 0 Å². The van der Waals surface area contributed by atoms with Gasteiger partial charge in [-0.25, -0.2) is 9.59 Å². The third kappa shape index (κ3) is 4.14. The average Bonchev–Trinajstić information content (AvgIpc) is 2.72. The number of hydrogen-bond acceptors (Lipinski definition) is 4. The van der Waals surface area contributed by atoms with Crippen molar-refractivity contribution in [3.8, 4) is 0 Å². The number of halogens is 1. The first kappa shape index (κ1) is 20.2. The van der Waals surface area contributed by atoms with Gasteiger partial charge in [0.1, 0.15) is 0 Å². The Labute approximate surface area is 173 Å². The minimum Gasteiger partial charge on any atom is -0.478 e. The minimum atomic E-state index is -1.47. The fourth-order valence-corrected chi connectivity index (χ4v) is 3.10. The summed E-state index contributed by atoms with van der Waals surface area (Å²) < 4.78 is 0.730. The lowest BCUT2D eigenvalue weighted by Gasteiger charge is -2.12. The van der Waals surface area contributed by atoms with Crippen LogP contribution in [0.25, 0.3) is 0 Å². The van der Waals surface area contributed by atoms with Crippen LogP contribution in [0.1, 0.15) is 52.6 Å². The summed E-state index contributed by atoms with van der Waals surface area (Å²) in [6, 6.07) is 16.1. The van der Waals surface area contributed by atoms with Crippen LogP contribution < -0.4 is 0 Å². The fourth-order valence-electron chi connectivity index (χ4n) is 2.83. The monoisotopic (exact) mass is 452 g/mol. The van der Waals surface area contributed by atoms with E-state index in [0.717, 1.165) is 16.6 Å². The molecule has 3 aromatic carbocycles. The molecule has 0 saturated carbocycles. The summed E-state index contributed by atoms with van der Waals surface area (Å²) in [6.07, 6.45) is 0. The summed E-state index contributed by atoms with van der Waals surface area (Å²) in [5.41, 5.74) is -1.06. The number of aromatic carboxylic acids is 2. The lowest BCUT2D eigenvalue weighted by Crippen LogP contribution is -2.17. The summed E-state index contributed by atoms with van der Waals surface area (Å²) in [5.74, 6) is -4.18. The van der Waals surface area contributed by atoms with Crippen LogP contribution in [0.3, 0.4) is 0 Å². The van der Waals surface area contributed by atoms with E-state index in [0.29, 0.717) is 0 Å². The second-order valence-corrected chi connectivity index (χ2v) is 7.00. The van der Waals surface area contributed by atoms with Gasteiger partial charge in [0, 0.05) is 26.7 Å². The van der Waals surface area contributed by atoms with Crippen molar-refractivity contribution in [3.05, 3.63) is 105 Å². The zero-order chi connectivity index (χ0) is 21.1. The van der Waals surface area contributed by atoms with Crippen LogP contribution >= 0.6 is 15.9 Å². The maximum absolute atomic E-state index is 12.9. The molecule has 6 nitrogen and oxygen atoms in total. The molecule has 0 unspecified atom stereocenters. The van der Waals surface area contributed by atoms with E-state index >= 15 is 0 Å². The molecule has 29 heavy (non-hydrogen) atoms. The number of carbonyl (C=O) groups is 4. The molecule has 0 aliphatic heterocycles. The van der Waals surface area contributed by atoms with Crippen LogP contribution in [0.2, 0.25) is 0 Å². The Bertz CT molecular complexity index is 1130. The molecule has 0 aliphatic carbocycles. The number of hydrogen-bond donors (Lipinski definition) is 2. The lowest BCUT2D eigenvalue weighted by molar-refractivity contribution is 0.0690. The lowest BCUT2D eigenvalue weighted by atomic mass is 9.90. The van der Waals surface area contributed by atoms with Gasteiger partial charge in [0.15, 0.2) is 11.6 Å². The van der Waals surface area contributed by atoms with Crippen molar-refractivity contribution >= 4 is 39.4 Å². The Morgan fingerprint density at radius 2 is 1.00 bits per heavy atom. The first-order valence-electron chi connectivity index (χ1n) is 8.34.